The van der Waals surface area contributed by atoms with Gasteiger partial charge in [-0.25, -0.2) is 0 Å². The fraction of sp³-hybridized carbons (Fsp3) is 0.697. The molecule has 7 aliphatic carbocycles. The standard InChI is InChI=1S/C33H42N2O4/c1-30(26-3-7-28(8-4-26)34(36)37)13-22-11-23(14-30)16-31(2,15-22)33-19-24-12-25(20-33)18-32(17-24,21-33)27-5-9-29(10-6-27)35(38)39/h3-5,7-9,22-25H,6,10-21H2,1-2H3. The van der Waals surface area contributed by atoms with E-state index in [-0.39, 0.29) is 26.4 Å². The summed E-state index contributed by atoms with van der Waals surface area (Å²) in [7, 11) is 0. The molecule has 0 aliphatic heterocycles. The van der Waals surface area contributed by atoms with Crippen LogP contribution in [0.25, 0.3) is 0 Å². The number of fused-ring (bicyclic) bond motifs is 2. The number of non-ortho nitro benzene ring substituents is 1. The molecule has 7 aliphatic rings. The first-order valence-corrected chi connectivity index (χ1v) is 15.3. The first kappa shape index (κ1) is 25.5. The second-order valence-corrected chi connectivity index (χ2v) is 15.3. The van der Waals surface area contributed by atoms with E-state index in [2.05, 4.69) is 19.9 Å². The van der Waals surface area contributed by atoms with E-state index in [1.54, 1.807) is 12.1 Å². The van der Waals surface area contributed by atoms with Crippen molar-refractivity contribution in [1.29, 1.82) is 0 Å². The highest BCUT2D eigenvalue weighted by Gasteiger charge is 2.65. The highest BCUT2D eigenvalue weighted by Crippen LogP contribution is 2.75. The molecule has 0 saturated heterocycles. The van der Waals surface area contributed by atoms with Crippen LogP contribution in [0.4, 0.5) is 5.69 Å². The molecule has 6 heteroatoms. The fourth-order valence-corrected chi connectivity index (χ4v) is 11.9. The van der Waals surface area contributed by atoms with Gasteiger partial charge in [-0.1, -0.05) is 37.6 Å². The Hall–Kier alpha value is -2.50. The van der Waals surface area contributed by atoms with Crippen LogP contribution in [0.15, 0.2) is 47.7 Å². The maximum absolute atomic E-state index is 11.4. The lowest BCUT2D eigenvalue weighted by molar-refractivity contribution is -0.428. The zero-order chi connectivity index (χ0) is 27.2. The van der Waals surface area contributed by atoms with Gasteiger partial charge >= 0.3 is 0 Å². The normalized spacial score (nSPS) is 44.5. The number of hydrogen-bond acceptors (Lipinski definition) is 4. The number of nitro groups is 2. The average Bonchev–Trinajstić information content (AvgIpc) is 2.87. The Morgan fingerprint density at radius 2 is 1.31 bits per heavy atom. The van der Waals surface area contributed by atoms with Crippen LogP contribution in [-0.2, 0) is 5.41 Å². The quantitative estimate of drug-likeness (QED) is 0.282. The predicted molar refractivity (Wildman–Crippen MR) is 151 cm³/mol. The van der Waals surface area contributed by atoms with Gasteiger partial charge < -0.3 is 0 Å². The molecule has 4 atom stereocenters. The summed E-state index contributed by atoms with van der Waals surface area (Å²) < 4.78 is 0. The molecule has 6 fully saturated rings. The van der Waals surface area contributed by atoms with Gasteiger partial charge in [0.15, 0.2) is 0 Å². The van der Waals surface area contributed by atoms with E-state index < -0.39 is 0 Å². The molecule has 6 saturated carbocycles. The third kappa shape index (κ3) is 3.94. The number of nitrogens with zero attached hydrogens (tertiary/aromatic N) is 2. The predicted octanol–water partition coefficient (Wildman–Crippen LogP) is 8.54. The van der Waals surface area contributed by atoms with Gasteiger partial charge in [0.05, 0.1) is 9.85 Å². The van der Waals surface area contributed by atoms with Crippen LogP contribution in [0.1, 0.15) is 103 Å². The zero-order valence-corrected chi connectivity index (χ0v) is 23.5. The summed E-state index contributed by atoms with van der Waals surface area (Å²) in [6, 6.07) is 7.40. The van der Waals surface area contributed by atoms with E-state index >= 15 is 0 Å². The van der Waals surface area contributed by atoms with Gasteiger partial charge in [-0.15, -0.1) is 0 Å². The van der Waals surface area contributed by atoms with E-state index in [1.165, 1.54) is 81.8 Å². The van der Waals surface area contributed by atoms with Crippen LogP contribution in [0, 0.1) is 60.1 Å². The Balaban J connectivity index is 1.16. The number of nitro benzene ring substituents is 1. The molecule has 0 radical (unpaired) electrons. The number of hydrogen-bond donors (Lipinski definition) is 0. The van der Waals surface area contributed by atoms with Crippen LogP contribution in [0.3, 0.4) is 0 Å². The molecule has 0 heterocycles. The van der Waals surface area contributed by atoms with Crippen molar-refractivity contribution in [3.8, 4) is 0 Å². The molecule has 1 aromatic carbocycles. The van der Waals surface area contributed by atoms with Crippen LogP contribution < -0.4 is 0 Å². The summed E-state index contributed by atoms with van der Waals surface area (Å²) in [5.41, 5.74) is 4.48. The van der Waals surface area contributed by atoms with Crippen molar-refractivity contribution in [3.05, 3.63) is 73.5 Å². The van der Waals surface area contributed by atoms with Crippen molar-refractivity contribution in [2.75, 3.05) is 0 Å². The monoisotopic (exact) mass is 530 g/mol. The fourth-order valence-electron chi connectivity index (χ4n) is 11.9. The van der Waals surface area contributed by atoms with Gasteiger partial charge in [-0.2, -0.15) is 0 Å². The molecule has 0 N–H and O–H groups in total. The summed E-state index contributed by atoms with van der Waals surface area (Å²) in [6.07, 6.45) is 19.9. The second-order valence-electron chi connectivity index (χ2n) is 15.3. The Morgan fingerprint density at radius 1 is 0.718 bits per heavy atom. The van der Waals surface area contributed by atoms with Gasteiger partial charge in [0.2, 0.25) is 5.70 Å². The third-order valence-electron chi connectivity index (χ3n) is 12.8. The molecule has 6 nitrogen and oxygen atoms in total. The number of allylic oxidation sites excluding steroid dienone is 4. The topological polar surface area (TPSA) is 86.3 Å². The number of rotatable bonds is 5. The van der Waals surface area contributed by atoms with Gasteiger partial charge in [0, 0.05) is 24.6 Å². The highest BCUT2D eigenvalue weighted by atomic mass is 16.6. The molecule has 39 heavy (non-hydrogen) atoms. The van der Waals surface area contributed by atoms with E-state index in [0.29, 0.717) is 34.8 Å². The zero-order valence-electron chi connectivity index (χ0n) is 23.5. The maximum Gasteiger partial charge on any atom is 0.269 e. The Kier molecular flexibility index (Phi) is 5.55. The van der Waals surface area contributed by atoms with Crippen molar-refractivity contribution in [2.45, 2.75) is 103 Å². The molecular weight excluding hydrogens is 488 g/mol. The van der Waals surface area contributed by atoms with Crippen molar-refractivity contribution in [1.82, 2.24) is 0 Å². The second kappa shape index (κ2) is 8.50. The van der Waals surface area contributed by atoms with Crippen LogP contribution in [0.5, 0.6) is 0 Å². The van der Waals surface area contributed by atoms with Gasteiger partial charge in [0.1, 0.15) is 0 Å². The first-order chi connectivity index (χ1) is 18.5. The Bertz CT molecular complexity index is 1250. The third-order valence-corrected chi connectivity index (χ3v) is 12.8. The van der Waals surface area contributed by atoms with Crippen molar-refractivity contribution in [2.24, 2.45) is 39.9 Å². The summed E-state index contributed by atoms with van der Waals surface area (Å²) in [6.45, 7) is 5.06. The molecular formula is C33H42N2O4. The van der Waals surface area contributed by atoms with E-state index in [9.17, 15) is 20.2 Å². The Labute approximate surface area is 231 Å². The van der Waals surface area contributed by atoms with Crippen LogP contribution >= 0.6 is 0 Å². The molecule has 0 amide bonds. The molecule has 0 spiro atoms. The van der Waals surface area contributed by atoms with Crippen molar-refractivity contribution >= 4 is 5.69 Å². The molecule has 1 aromatic rings. The summed E-state index contributed by atoms with van der Waals surface area (Å²) in [5, 5.41) is 22.6. The SMILES string of the molecule is CC1(c2ccc([N+](=O)[O-])cc2)CC2CC(C1)CC(C)(C13CC4CC(CC(C5=CC=C([N+](=O)[O-])CC5)(C4)C1)C3)C2. The van der Waals surface area contributed by atoms with E-state index in [4.69, 9.17) is 0 Å². The minimum absolute atomic E-state index is 0.0979. The molecule has 4 unspecified atom stereocenters. The van der Waals surface area contributed by atoms with Crippen molar-refractivity contribution in [3.63, 3.8) is 0 Å². The molecule has 0 aromatic heterocycles. The Morgan fingerprint density at radius 3 is 1.82 bits per heavy atom. The largest absolute Gasteiger partial charge is 0.269 e. The van der Waals surface area contributed by atoms with Crippen LogP contribution in [0.2, 0.25) is 0 Å². The number of benzene rings is 1. The minimum Gasteiger partial charge on any atom is -0.259 e. The van der Waals surface area contributed by atoms with Crippen molar-refractivity contribution < 1.29 is 9.85 Å². The smallest absolute Gasteiger partial charge is 0.259 e. The summed E-state index contributed by atoms with van der Waals surface area (Å²) in [4.78, 5) is 22.1. The highest BCUT2D eigenvalue weighted by molar-refractivity contribution is 5.37. The summed E-state index contributed by atoms with van der Waals surface area (Å²) >= 11 is 0. The van der Waals surface area contributed by atoms with Crippen LogP contribution in [-0.4, -0.2) is 9.85 Å². The lowest BCUT2D eigenvalue weighted by Gasteiger charge is -2.70. The van der Waals surface area contributed by atoms with Gasteiger partial charge in [-0.3, -0.25) is 20.2 Å². The minimum atomic E-state index is -0.299. The molecule has 8 rings (SSSR count). The first-order valence-electron chi connectivity index (χ1n) is 15.3. The lowest BCUT2D eigenvalue weighted by Crippen LogP contribution is -2.60. The molecule has 208 valence electrons. The summed E-state index contributed by atoms with van der Waals surface area (Å²) in [5.74, 6) is 3.06. The molecule has 6 bridgehead atoms. The maximum atomic E-state index is 11.4. The lowest BCUT2D eigenvalue weighted by atomic mass is 9.35. The average molecular weight is 531 g/mol. The van der Waals surface area contributed by atoms with Gasteiger partial charge in [-0.05, 0) is 128 Å². The van der Waals surface area contributed by atoms with E-state index in [1.807, 2.05) is 18.2 Å². The van der Waals surface area contributed by atoms with Gasteiger partial charge in [0.25, 0.3) is 5.69 Å². The van der Waals surface area contributed by atoms with E-state index in [0.717, 1.165) is 18.3 Å².